The van der Waals surface area contributed by atoms with Crippen LogP contribution in [0.15, 0.2) is 30.5 Å². The predicted molar refractivity (Wildman–Crippen MR) is 150 cm³/mol. The fourth-order valence-electron chi connectivity index (χ4n) is 5.95. The predicted octanol–water partition coefficient (Wildman–Crippen LogP) is 5.50. The Balaban J connectivity index is 1.45. The maximum Gasteiger partial charge on any atom is 0.314 e. The molecule has 3 N–H and O–H groups in total. The molecular weight excluding hydrogens is 476 g/mol. The Morgan fingerprint density at radius 1 is 1.21 bits per heavy atom. The number of ether oxygens (including phenoxy) is 1. The van der Waals surface area contributed by atoms with Gasteiger partial charge in [-0.05, 0) is 86.7 Å². The van der Waals surface area contributed by atoms with Crippen LogP contribution in [0.1, 0.15) is 80.5 Å². The summed E-state index contributed by atoms with van der Waals surface area (Å²) in [6, 6.07) is 6.50. The minimum Gasteiger partial charge on any atom is -0.381 e. The summed E-state index contributed by atoms with van der Waals surface area (Å²) in [5, 5.41) is 7.02. The number of carbonyl (C=O) groups excluding carboxylic acids is 1. The van der Waals surface area contributed by atoms with Crippen molar-refractivity contribution < 1.29 is 9.53 Å². The van der Waals surface area contributed by atoms with Crippen molar-refractivity contribution in [3.8, 4) is 0 Å². The van der Waals surface area contributed by atoms with Gasteiger partial charge in [0.1, 0.15) is 0 Å². The van der Waals surface area contributed by atoms with Crippen LogP contribution in [0.4, 0.5) is 11.5 Å². The lowest BCUT2D eigenvalue weighted by molar-refractivity contribution is 0.0358. The van der Waals surface area contributed by atoms with Crippen molar-refractivity contribution in [1.82, 2.24) is 20.2 Å². The summed E-state index contributed by atoms with van der Waals surface area (Å²) in [7, 11) is 0. The van der Waals surface area contributed by atoms with Gasteiger partial charge in [0.2, 0.25) is 5.82 Å². The number of hydrogen-bond acceptors (Lipinski definition) is 5. The molecule has 0 atom stereocenters. The molecule has 2 aromatic rings. The highest BCUT2D eigenvalue weighted by molar-refractivity contribution is 6.03. The molecule has 2 fully saturated rings. The summed E-state index contributed by atoms with van der Waals surface area (Å²) in [4.78, 5) is 25.8. The number of benzene rings is 1. The molecule has 3 aliphatic rings. The molecule has 0 saturated carbocycles. The first kappa shape index (κ1) is 26.6. The Bertz CT molecular complexity index is 1210. The zero-order chi connectivity index (χ0) is 26.6. The van der Waals surface area contributed by atoms with Crippen LogP contribution in [0, 0.1) is 12.0 Å². The van der Waals surface area contributed by atoms with E-state index >= 15 is 0 Å². The maximum atomic E-state index is 13.0. The molecule has 2 aliphatic heterocycles. The third kappa shape index (κ3) is 6.01. The van der Waals surface area contributed by atoms with Crippen LogP contribution >= 0.6 is 0 Å². The molecule has 38 heavy (non-hydrogen) atoms. The number of allylic oxidation sites excluding steroid dienone is 2. The number of anilines is 1. The molecule has 8 nitrogen and oxygen atoms in total. The lowest BCUT2D eigenvalue weighted by Gasteiger charge is -2.40. The van der Waals surface area contributed by atoms with E-state index in [4.69, 9.17) is 11.3 Å². The summed E-state index contributed by atoms with van der Waals surface area (Å²) in [5.74, 6) is 0.0637. The minimum absolute atomic E-state index is 0.144. The first-order valence-corrected chi connectivity index (χ1v) is 14.0. The molecule has 1 amide bonds. The van der Waals surface area contributed by atoms with Gasteiger partial charge in [-0.1, -0.05) is 32.6 Å². The van der Waals surface area contributed by atoms with Crippen LogP contribution in [-0.4, -0.2) is 60.2 Å². The molecule has 0 unspecified atom stereocenters. The highest BCUT2D eigenvalue weighted by atomic mass is 16.5. The Labute approximate surface area is 226 Å². The summed E-state index contributed by atoms with van der Waals surface area (Å²) in [6.45, 7) is 17.7. The topological polar surface area (TPSA) is 86.6 Å². The Hall–Kier alpha value is -2.99. The Morgan fingerprint density at radius 2 is 2.00 bits per heavy atom. The highest BCUT2D eigenvalue weighted by Gasteiger charge is 2.35. The monoisotopic (exact) mass is 516 g/mol. The first-order valence-electron chi connectivity index (χ1n) is 14.0. The lowest BCUT2D eigenvalue weighted by atomic mass is 9.75. The van der Waals surface area contributed by atoms with Gasteiger partial charge in [-0.2, -0.15) is 0 Å². The van der Waals surface area contributed by atoms with Crippen LogP contribution in [0.25, 0.3) is 10.4 Å². The third-order valence-electron chi connectivity index (χ3n) is 8.47. The van der Waals surface area contributed by atoms with E-state index in [1.54, 1.807) is 0 Å². The first-order chi connectivity index (χ1) is 18.4. The van der Waals surface area contributed by atoms with Crippen molar-refractivity contribution in [3.63, 3.8) is 0 Å². The Morgan fingerprint density at radius 3 is 2.68 bits per heavy atom. The van der Waals surface area contributed by atoms with E-state index in [-0.39, 0.29) is 28.5 Å². The molecule has 202 valence electrons. The third-order valence-corrected chi connectivity index (χ3v) is 8.47. The molecule has 0 spiro atoms. The number of amides is 1. The number of aromatic amines is 1. The normalized spacial score (nSPS) is 21.0. The van der Waals surface area contributed by atoms with Crippen LogP contribution in [0.5, 0.6) is 0 Å². The summed E-state index contributed by atoms with van der Waals surface area (Å²) < 4.78 is 5.78. The van der Waals surface area contributed by atoms with E-state index in [0.717, 1.165) is 69.7 Å². The summed E-state index contributed by atoms with van der Waals surface area (Å²) in [6.07, 6.45) is 11.3. The van der Waals surface area contributed by atoms with E-state index in [0.29, 0.717) is 0 Å². The summed E-state index contributed by atoms with van der Waals surface area (Å²) in [5.41, 5.74) is 4.54. The number of rotatable bonds is 8. The van der Waals surface area contributed by atoms with E-state index < -0.39 is 0 Å². The van der Waals surface area contributed by atoms with E-state index in [9.17, 15) is 4.79 Å². The van der Waals surface area contributed by atoms with Crippen molar-refractivity contribution >= 4 is 23.0 Å². The van der Waals surface area contributed by atoms with Crippen LogP contribution in [0.3, 0.4) is 0 Å². The fourth-order valence-corrected chi connectivity index (χ4v) is 5.95. The fraction of sp³-hybridized carbons (Fsp3) is 0.567. The van der Waals surface area contributed by atoms with Gasteiger partial charge >= 0.3 is 5.91 Å². The van der Waals surface area contributed by atoms with Crippen LogP contribution in [-0.2, 0) is 10.3 Å². The van der Waals surface area contributed by atoms with Gasteiger partial charge in [0.05, 0.1) is 6.20 Å². The zero-order valence-electron chi connectivity index (χ0n) is 22.7. The smallest absolute Gasteiger partial charge is 0.314 e. The average Bonchev–Trinajstić information content (AvgIpc) is 3.62. The quantitative estimate of drug-likeness (QED) is 0.404. The van der Waals surface area contributed by atoms with Gasteiger partial charge in [-0.15, -0.1) is 0 Å². The second-order valence-electron chi connectivity index (χ2n) is 11.7. The van der Waals surface area contributed by atoms with E-state index in [2.05, 4.69) is 62.4 Å². The van der Waals surface area contributed by atoms with E-state index in [1.807, 2.05) is 6.07 Å². The molecule has 0 radical (unpaired) electrons. The average molecular weight is 517 g/mol. The zero-order valence-corrected chi connectivity index (χ0v) is 22.7. The second kappa shape index (κ2) is 11.4. The number of aromatic nitrogens is 2. The van der Waals surface area contributed by atoms with Crippen molar-refractivity contribution in [1.29, 1.82) is 0 Å². The molecule has 2 saturated heterocycles. The molecule has 3 heterocycles. The highest BCUT2D eigenvalue weighted by Crippen LogP contribution is 2.42. The number of nitrogens with zero attached hydrogens (tertiary/aromatic N) is 3. The number of carbonyl (C=O) groups is 1. The molecule has 1 aliphatic carbocycles. The maximum absolute atomic E-state index is 13.0. The Kier molecular flexibility index (Phi) is 7.98. The molecule has 1 aromatic carbocycles. The molecule has 5 rings (SSSR count). The molecule has 0 bridgehead atoms. The van der Waals surface area contributed by atoms with Crippen molar-refractivity contribution in [2.75, 3.05) is 44.7 Å². The van der Waals surface area contributed by atoms with Gasteiger partial charge in [-0.3, -0.25) is 9.78 Å². The van der Waals surface area contributed by atoms with Gasteiger partial charge in [0.25, 0.3) is 5.82 Å². The van der Waals surface area contributed by atoms with Crippen LogP contribution in [0.2, 0.25) is 0 Å². The van der Waals surface area contributed by atoms with Gasteiger partial charge in [0.15, 0.2) is 0 Å². The molecule has 1 aromatic heterocycles. The van der Waals surface area contributed by atoms with Crippen molar-refractivity contribution in [3.05, 3.63) is 58.8 Å². The van der Waals surface area contributed by atoms with Gasteiger partial charge in [0, 0.05) is 43.1 Å². The molecule has 8 heteroatoms. The standard InChI is InChI=1S/C30H40N6O2/c1-29(2)10-8-22(9-11-29)24-20-23(6-7-25(24)34-28(37)27-32-21-26(31-3)35-27)30(12-18-38-19-13-30)33-14-17-36-15-4-5-16-36/h6-8,20-21,33H,4-5,9-19H2,1-2H3,(H,32,35)(H,34,37). The number of H-pyrrole nitrogens is 1. The molecular formula is C30H40N6O2. The van der Waals surface area contributed by atoms with Crippen LogP contribution < -0.4 is 10.6 Å². The van der Waals surface area contributed by atoms with Crippen molar-refractivity contribution in [2.45, 2.75) is 64.3 Å². The van der Waals surface area contributed by atoms with Gasteiger partial charge < -0.3 is 25.1 Å². The second-order valence-corrected chi connectivity index (χ2v) is 11.7. The number of nitrogens with one attached hydrogen (secondary N) is 3. The SMILES string of the molecule is [C-]#[N+]c1cnc(C(=O)Nc2ccc(C3(NCCN4CCCC4)CCOCC3)cc2C2=CCC(C)(C)CC2)[nH]1. The number of hydrogen-bond donors (Lipinski definition) is 3. The number of imidazole rings is 1. The van der Waals surface area contributed by atoms with Crippen molar-refractivity contribution in [2.24, 2.45) is 5.41 Å². The van der Waals surface area contributed by atoms with E-state index in [1.165, 1.54) is 43.3 Å². The largest absolute Gasteiger partial charge is 0.381 e. The minimum atomic E-state index is -0.338. The van der Waals surface area contributed by atoms with Gasteiger partial charge in [-0.25, -0.2) is 4.98 Å². The lowest BCUT2D eigenvalue weighted by Crippen LogP contribution is -2.49. The number of likely N-dealkylation sites (tertiary alicyclic amines) is 1. The summed E-state index contributed by atoms with van der Waals surface area (Å²) >= 11 is 0.